The van der Waals surface area contributed by atoms with Gasteiger partial charge in [-0.25, -0.2) is 0 Å². The molecule has 0 radical (unpaired) electrons. The number of ether oxygens (including phenoxy) is 1. The number of piperazine rings is 2. The summed E-state index contributed by atoms with van der Waals surface area (Å²) in [6.07, 6.45) is 0. The molecule has 2 aliphatic rings. The van der Waals surface area contributed by atoms with Gasteiger partial charge in [-0.3, -0.25) is 4.79 Å². The Morgan fingerprint density at radius 3 is 2.07 bits per heavy atom. The molecule has 2 aromatic rings. The molecule has 0 saturated carbocycles. The van der Waals surface area contributed by atoms with Crippen molar-refractivity contribution in [2.75, 3.05) is 76.3 Å². The predicted octanol–water partition coefficient (Wildman–Crippen LogP) is 1.20. The van der Waals surface area contributed by atoms with Crippen molar-refractivity contribution in [2.24, 2.45) is 0 Å². The minimum Gasteiger partial charge on any atom is -0.497 e. The van der Waals surface area contributed by atoms with Crippen molar-refractivity contribution in [2.45, 2.75) is 0 Å². The van der Waals surface area contributed by atoms with Crippen LogP contribution in [-0.2, 0) is 0 Å². The molecule has 2 fully saturated rings. The number of methoxy groups -OCH3 is 1. The third-order valence-electron chi connectivity index (χ3n) is 5.70. The molecule has 0 bridgehead atoms. The Labute approximate surface area is 171 Å². The molecule has 4 rings (SSSR count). The van der Waals surface area contributed by atoms with E-state index < -0.39 is 0 Å². The minimum atomic E-state index is -0.0446. The van der Waals surface area contributed by atoms with E-state index in [1.807, 2.05) is 23.1 Å². The molecule has 0 unspecified atom stereocenters. The van der Waals surface area contributed by atoms with Crippen LogP contribution >= 0.6 is 0 Å². The molecule has 1 aromatic heterocycles. The predicted molar refractivity (Wildman–Crippen MR) is 113 cm³/mol. The fourth-order valence-electron chi connectivity index (χ4n) is 3.77. The number of nitrogens with zero attached hydrogens (tertiary/aromatic N) is 6. The lowest BCUT2D eigenvalue weighted by Crippen LogP contribution is -2.49. The van der Waals surface area contributed by atoms with Gasteiger partial charge in [-0.1, -0.05) is 0 Å². The molecule has 1 aromatic carbocycles. The van der Waals surface area contributed by atoms with Gasteiger partial charge in [-0.2, -0.15) is 0 Å². The highest BCUT2D eigenvalue weighted by Gasteiger charge is 2.24. The topological polar surface area (TPSA) is 65.0 Å². The van der Waals surface area contributed by atoms with Gasteiger partial charge < -0.3 is 24.3 Å². The highest BCUT2D eigenvalue weighted by atomic mass is 16.5. The standard InChI is InChI=1S/C21H28N6O2/c1-24-9-11-26(12-10-24)20-8-7-19(22-23-20)21(28)27-15-13-25(14-16-27)17-3-5-18(29-2)6-4-17/h3-8H,9-16H2,1-2H3. The second-order valence-electron chi connectivity index (χ2n) is 7.54. The maximum Gasteiger partial charge on any atom is 0.274 e. The summed E-state index contributed by atoms with van der Waals surface area (Å²) in [5.74, 6) is 1.65. The van der Waals surface area contributed by atoms with Gasteiger partial charge in [-0.05, 0) is 43.4 Å². The summed E-state index contributed by atoms with van der Waals surface area (Å²) in [4.78, 5) is 21.5. The van der Waals surface area contributed by atoms with Crippen molar-refractivity contribution in [3.63, 3.8) is 0 Å². The number of amides is 1. The van der Waals surface area contributed by atoms with Crippen LogP contribution in [0.2, 0.25) is 0 Å². The van der Waals surface area contributed by atoms with Gasteiger partial charge in [0.15, 0.2) is 11.5 Å². The van der Waals surface area contributed by atoms with Crippen molar-refractivity contribution in [3.05, 3.63) is 42.1 Å². The normalized spacial score (nSPS) is 18.1. The maximum atomic E-state index is 12.8. The summed E-state index contributed by atoms with van der Waals surface area (Å²) in [6, 6.07) is 11.8. The Bertz CT molecular complexity index is 810. The molecule has 3 heterocycles. The third-order valence-corrected chi connectivity index (χ3v) is 5.70. The number of benzene rings is 1. The summed E-state index contributed by atoms with van der Waals surface area (Å²) < 4.78 is 5.22. The van der Waals surface area contributed by atoms with E-state index in [2.05, 4.69) is 44.1 Å². The molecule has 0 aliphatic carbocycles. The van der Waals surface area contributed by atoms with Crippen LogP contribution in [0.25, 0.3) is 0 Å². The number of aromatic nitrogens is 2. The Hall–Kier alpha value is -2.87. The van der Waals surface area contributed by atoms with E-state index in [1.54, 1.807) is 13.2 Å². The largest absolute Gasteiger partial charge is 0.497 e. The van der Waals surface area contributed by atoms with E-state index in [-0.39, 0.29) is 5.91 Å². The lowest BCUT2D eigenvalue weighted by atomic mass is 10.2. The first-order chi connectivity index (χ1) is 14.1. The summed E-state index contributed by atoms with van der Waals surface area (Å²) in [5, 5.41) is 8.53. The van der Waals surface area contributed by atoms with Gasteiger partial charge in [0, 0.05) is 58.0 Å². The zero-order chi connectivity index (χ0) is 20.2. The van der Waals surface area contributed by atoms with E-state index in [0.717, 1.165) is 56.5 Å². The quantitative estimate of drug-likeness (QED) is 0.769. The molecule has 154 valence electrons. The van der Waals surface area contributed by atoms with Crippen LogP contribution in [0.5, 0.6) is 5.75 Å². The number of rotatable bonds is 4. The minimum absolute atomic E-state index is 0.0446. The van der Waals surface area contributed by atoms with Crippen LogP contribution in [0.3, 0.4) is 0 Å². The lowest BCUT2D eigenvalue weighted by molar-refractivity contribution is 0.0739. The smallest absolute Gasteiger partial charge is 0.274 e. The summed E-state index contributed by atoms with van der Waals surface area (Å²) in [5.41, 5.74) is 1.56. The zero-order valence-corrected chi connectivity index (χ0v) is 17.1. The van der Waals surface area contributed by atoms with Crippen molar-refractivity contribution in [1.29, 1.82) is 0 Å². The molecule has 8 nitrogen and oxygen atoms in total. The number of carbonyl (C=O) groups excluding carboxylic acids is 1. The van der Waals surface area contributed by atoms with E-state index in [1.165, 1.54) is 0 Å². The Balaban J connectivity index is 1.33. The van der Waals surface area contributed by atoms with Gasteiger partial charge >= 0.3 is 0 Å². The fourth-order valence-corrected chi connectivity index (χ4v) is 3.77. The Kier molecular flexibility index (Phi) is 5.80. The van der Waals surface area contributed by atoms with Crippen LogP contribution < -0.4 is 14.5 Å². The number of hydrogen-bond donors (Lipinski definition) is 0. The lowest BCUT2D eigenvalue weighted by Gasteiger charge is -2.36. The monoisotopic (exact) mass is 396 g/mol. The van der Waals surface area contributed by atoms with Gasteiger partial charge in [-0.15, -0.1) is 10.2 Å². The fraction of sp³-hybridized carbons (Fsp3) is 0.476. The van der Waals surface area contributed by atoms with Crippen LogP contribution in [0.4, 0.5) is 11.5 Å². The highest BCUT2D eigenvalue weighted by Crippen LogP contribution is 2.21. The molecular weight excluding hydrogens is 368 g/mol. The average molecular weight is 396 g/mol. The van der Waals surface area contributed by atoms with Crippen LogP contribution in [-0.4, -0.2) is 92.4 Å². The van der Waals surface area contributed by atoms with E-state index in [4.69, 9.17) is 4.74 Å². The number of hydrogen-bond acceptors (Lipinski definition) is 7. The molecule has 1 amide bonds. The Morgan fingerprint density at radius 2 is 1.48 bits per heavy atom. The number of anilines is 2. The van der Waals surface area contributed by atoms with E-state index in [9.17, 15) is 4.79 Å². The molecule has 29 heavy (non-hydrogen) atoms. The molecular formula is C21H28N6O2. The van der Waals surface area contributed by atoms with Gasteiger partial charge in [0.25, 0.3) is 5.91 Å². The summed E-state index contributed by atoms with van der Waals surface area (Å²) in [6.45, 7) is 6.84. The maximum absolute atomic E-state index is 12.8. The third kappa shape index (κ3) is 4.42. The van der Waals surface area contributed by atoms with Crippen molar-refractivity contribution < 1.29 is 9.53 Å². The first-order valence-corrected chi connectivity index (χ1v) is 10.1. The molecule has 2 saturated heterocycles. The highest BCUT2D eigenvalue weighted by molar-refractivity contribution is 5.92. The van der Waals surface area contributed by atoms with Crippen molar-refractivity contribution in [1.82, 2.24) is 20.0 Å². The summed E-state index contributed by atoms with van der Waals surface area (Å²) >= 11 is 0. The zero-order valence-electron chi connectivity index (χ0n) is 17.1. The SMILES string of the molecule is COc1ccc(N2CCN(C(=O)c3ccc(N4CCN(C)CC4)nn3)CC2)cc1. The van der Waals surface area contributed by atoms with Gasteiger partial charge in [0.1, 0.15) is 5.75 Å². The van der Waals surface area contributed by atoms with Crippen LogP contribution in [0.15, 0.2) is 36.4 Å². The average Bonchev–Trinajstić information content (AvgIpc) is 2.79. The molecule has 2 aliphatic heterocycles. The van der Waals surface area contributed by atoms with Gasteiger partial charge in [0.05, 0.1) is 7.11 Å². The molecule has 0 spiro atoms. The van der Waals surface area contributed by atoms with E-state index >= 15 is 0 Å². The van der Waals surface area contributed by atoms with E-state index in [0.29, 0.717) is 18.8 Å². The van der Waals surface area contributed by atoms with Crippen molar-refractivity contribution >= 4 is 17.4 Å². The molecule has 0 N–H and O–H groups in total. The Morgan fingerprint density at radius 1 is 0.828 bits per heavy atom. The van der Waals surface area contributed by atoms with Gasteiger partial charge in [0.2, 0.25) is 0 Å². The molecule has 8 heteroatoms. The second kappa shape index (κ2) is 8.65. The first-order valence-electron chi connectivity index (χ1n) is 10.1. The summed E-state index contributed by atoms with van der Waals surface area (Å²) in [7, 11) is 3.79. The first kappa shape index (κ1) is 19.4. The number of carbonyl (C=O) groups is 1. The second-order valence-corrected chi connectivity index (χ2v) is 7.54. The van der Waals surface area contributed by atoms with Crippen LogP contribution in [0.1, 0.15) is 10.5 Å². The molecule has 0 atom stereocenters. The van der Waals surface area contributed by atoms with Crippen molar-refractivity contribution in [3.8, 4) is 5.75 Å². The number of likely N-dealkylation sites (N-methyl/N-ethyl adjacent to an activating group) is 1. The van der Waals surface area contributed by atoms with Crippen LogP contribution in [0, 0.1) is 0 Å².